The first kappa shape index (κ1) is 12.3. The second-order valence-electron chi connectivity index (χ2n) is 4.17. The summed E-state index contributed by atoms with van der Waals surface area (Å²) in [5, 5.41) is 3.58. The first-order valence-corrected chi connectivity index (χ1v) is 6.07. The number of benzene rings is 1. The lowest BCUT2D eigenvalue weighted by Gasteiger charge is -2.24. The van der Waals surface area contributed by atoms with Gasteiger partial charge in [-0.1, -0.05) is 44.2 Å². The molecule has 2 atom stereocenters. The average Bonchev–Trinajstić information content (AvgIpc) is 2.29. The monoisotopic (exact) mass is 205 g/mol. The fraction of sp³-hybridized carbons (Fsp3) is 0.571. The van der Waals surface area contributed by atoms with Crippen LogP contribution >= 0.6 is 0 Å². The maximum atomic E-state index is 3.58. The number of nitrogens with one attached hydrogen (secondary N) is 1. The molecule has 1 heteroatoms. The molecule has 1 nitrogen and oxygen atoms in total. The Kier molecular flexibility index (Phi) is 5.41. The van der Waals surface area contributed by atoms with Crippen LogP contribution in [0.1, 0.15) is 45.1 Å². The van der Waals surface area contributed by atoms with Gasteiger partial charge in [-0.3, -0.25) is 0 Å². The maximum Gasteiger partial charge on any atom is 0.0107 e. The Morgan fingerprint density at radius 1 is 1.13 bits per heavy atom. The Balaban J connectivity index is 2.63. The summed E-state index contributed by atoms with van der Waals surface area (Å²) in [6.45, 7) is 7.88. The van der Waals surface area contributed by atoms with E-state index in [4.69, 9.17) is 0 Å². The van der Waals surface area contributed by atoms with Gasteiger partial charge in [0.15, 0.2) is 0 Å². The van der Waals surface area contributed by atoms with E-state index in [1.807, 2.05) is 0 Å². The smallest absolute Gasteiger partial charge is 0.0107 e. The van der Waals surface area contributed by atoms with Crippen LogP contribution in [0.15, 0.2) is 30.3 Å². The highest BCUT2D eigenvalue weighted by Gasteiger charge is 2.15. The highest BCUT2D eigenvalue weighted by molar-refractivity contribution is 5.20. The van der Waals surface area contributed by atoms with Gasteiger partial charge >= 0.3 is 0 Å². The molecule has 15 heavy (non-hydrogen) atoms. The first-order valence-electron chi connectivity index (χ1n) is 6.07. The van der Waals surface area contributed by atoms with Crippen molar-refractivity contribution in [1.82, 2.24) is 5.32 Å². The molecule has 1 aromatic rings. The van der Waals surface area contributed by atoms with Crippen molar-refractivity contribution in [3.63, 3.8) is 0 Å². The minimum Gasteiger partial charge on any atom is -0.314 e. The zero-order chi connectivity index (χ0) is 11.1. The number of rotatable bonds is 6. The molecule has 1 N–H and O–H groups in total. The molecular formula is C14H23N. The summed E-state index contributed by atoms with van der Waals surface area (Å²) < 4.78 is 0. The predicted molar refractivity (Wildman–Crippen MR) is 67.2 cm³/mol. The zero-order valence-electron chi connectivity index (χ0n) is 10.2. The third kappa shape index (κ3) is 3.67. The van der Waals surface area contributed by atoms with E-state index < -0.39 is 0 Å². The molecule has 84 valence electrons. The Hall–Kier alpha value is -0.820. The van der Waals surface area contributed by atoms with Gasteiger partial charge in [0, 0.05) is 6.04 Å². The molecule has 0 aliphatic carbocycles. The standard InChI is InChI=1S/C14H23N/c1-4-11-15-12(3)14(5-2)13-9-7-6-8-10-13/h6-10,12,14-15H,4-5,11H2,1-3H3. The van der Waals surface area contributed by atoms with Gasteiger partial charge in [-0.25, -0.2) is 0 Å². The summed E-state index contributed by atoms with van der Waals surface area (Å²) >= 11 is 0. The highest BCUT2D eigenvalue weighted by atomic mass is 14.9. The molecule has 1 rings (SSSR count). The van der Waals surface area contributed by atoms with Crippen molar-refractivity contribution in [2.24, 2.45) is 0 Å². The molecule has 0 fully saturated rings. The Morgan fingerprint density at radius 2 is 1.80 bits per heavy atom. The van der Waals surface area contributed by atoms with Gasteiger partial charge in [0.05, 0.1) is 0 Å². The largest absolute Gasteiger partial charge is 0.314 e. The zero-order valence-corrected chi connectivity index (χ0v) is 10.2. The summed E-state index contributed by atoms with van der Waals surface area (Å²) in [5.74, 6) is 0.637. The Bertz CT molecular complexity index is 255. The van der Waals surface area contributed by atoms with Crippen LogP contribution in [-0.2, 0) is 0 Å². The van der Waals surface area contributed by atoms with Gasteiger partial charge in [-0.05, 0) is 37.8 Å². The molecule has 0 aliphatic heterocycles. The molecule has 0 bridgehead atoms. The van der Waals surface area contributed by atoms with Gasteiger partial charge in [0.1, 0.15) is 0 Å². The van der Waals surface area contributed by atoms with Crippen molar-refractivity contribution in [2.75, 3.05) is 6.54 Å². The van der Waals surface area contributed by atoms with E-state index in [0.717, 1.165) is 6.54 Å². The molecule has 0 saturated heterocycles. The molecule has 0 aromatic heterocycles. The minimum absolute atomic E-state index is 0.567. The van der Waals surface area contributed by atoms with Crippen LogP contribution in [-0.4, -0.2) is 12.6 Å². The quantitative estimate of drug-likeness (QED) is 0.748. The molecule has 0 heterocycles. The lowest BCUT2D eigenvalue weighted by molar-refractivity contribution is 0.450. The SMILES string of the molecule is CCCNC(C)C(CC)c1ccccc1. The van der Waals surface area contributed by atoms with E-state index in [0.29, 0.717) is 12.0 Å². The molecule has 0 saturated carbocycles. The topological polar surface area (TPSA) is 12.0 Å². The van der Waals surface area contributed by atoms with Gasteiger partial charge in [-0.15, -0.1) is 0 Å². The third-order valence-electron chi connectivity index (χ3n) is 2.99. The van der Waals surface area contributed by atoms with Crippen LogP contribution in [0, 0.1) is 0 Å². The van der Waals surface area contributed by atoms with E-state index >= 15 is 0 Å². The summed E-state index contributed by atoms with van der Waals surface area (Å²) in [5.41, 5.74) is 1.45. The van der Waals surface area contributed by atoms with Gasteiger partial charge in [0.2, 0.25) is 0 Å². The molecule has 2 unspecified atom stereocenters. The van der Waals surface area contributed by atoms with Crippen LogP contribution in [0.2, 0.25) is 0 Å². The molecular weight excluding hydrogens is 182 g/mol. The second kappa shape index (κ2) is 6.62. The van der Waals surface area contributed by atoms with Crippen molar-refractivity contribution in [3.8, 4) is 0 Å². The predicted octanol–water partition coefficient (Wildman–Crippen LogP) is 3.57. The maximum absolute atomic E-state index is 3.58. The summed E-state index contributed by atoms with van der Waals surface area (Å²) in [7, 11) is 0. The van der Waals surface area contributed by atoms with E-state index in [9.17, 15) is 0 Å². The normalized spacial score (nSPS) is 14.9. The van der Waals surface area contributed by atoms with E-state index in [-0.39, 0.29) is 0 Å². The van der Waals surface area contributed by atoms with Crippen LogP contribution in [0.3, 0.4) is 0 Å². The Morgan fingerprint density at radius 3 is 2.33 bits per heavy atom. The lowest BCUT2D eigenvalue weighted by Crippen LogP contribution is -2.32. The molecule has 1 aromatic carbocycles. The van der Waals surface area contributed by atoms with Crippen LogP contribution in [0.25, 0.3) is 0 Å². The van der Waals surface area contributed by atoms with E-state index in [1.165, 1.54) is 18.4 Å². The van der Waals surface area contributed by atoms with Crippen molar-refractivity contribution in [2.45, 2.75) is 45.6 Å². The van der Waals surface area contributed by atoms with E-state index in [1.54, 1.807) is 0 Å². The van der Waals surface area contributed by atoms with Gasteiger partial charge < -0.3 is 5.32 Å². The highest BCUT2D eigenvalue weighted by Crippen LogP contribution is 2.22. The molecule has 0 aliphatic rings. The van der Waals surface area contributed by atoms with Crippen molar-refractivity contribution < 1.29 is 0 Å². The minimum atomic E-state index is 0.567. The van der Waals surface area contributed by atoms with Crippen LogP contribution in [0.5, 0.6) is 0 Å². The van der Waals surface area contributed by atoms with Gasteiger partial charge in [-0.2, -0.15) is 0 Å². The number of hydrogen-bond acceptors (Lipinski definition) is 1. The van der Waals surface area contributed by atoms with Crippen molar-refractivity contribution in [1.29, 1.82) is 0 Å². The fourth-order valence-corrected chi connectivity index (χ4v) is 2.09. The number of hydrogen-bond donors (Lipinski definition) is 1. The third-order valence-corrected chi connectivity index (χ3v) is 2.99. The fourth-order valence-electron chi connectivity index (χ4n) is 2.09. The van der Waals surface area contributed by atoms with E-state index in [2.05, 4.69) is 56.4 Å². The molecule has 0 amide bonds. The first-order chi connectivity index (χ1) is 7.29. The van der Waals surface area contributed by atoms with Crippen LogP contribution in [0.4, 0.5) is 0 Å². The second-order valence-corrected chi connectivity index (χ2v) is 4.17. The lowest BCUT2D eigenvalue weighted by atomic mass is 9.90. The average molecular weight is 205 g/mol. The van der Waals surface area contributed by atoms with Gasteiger partial charge in [0.25, 0.3) is 0 Å². The molecule has 0 spiro atoms. The summed E-state index contributed by atoms with van der Waals surface area (Å²) in [6, 6.07) is 11.4. The van der Waals surface area contributed by atoms with Crippen molar-refractivity contribution >= 4 is 0 Å². The Labute approximate surface area is 93.9 Å². The molecule has 0 radical (unpaired) electrons. The summed E-state index contributed by atoms with van der Waals surface area (Å²) in [6.07, 6.45) is 2.40. The van der Waals surface area contributed by atoms with Crippen molar-refractivity contribution in [3.05, 3.63) is 35.9 Å². The summed E-state index contributed by atoms with van der Waals surface area (Å²) in [4.78, 5) is 0. The van der Waals surface area contributed by atoms with Crippen LogP contribution < -0.4 is 5.32 Å².